The predicted octanol–water partition coefficient (Wildman–Crippen LogP) is 1.93. The van der Waals surface area contributed by atoms with E-state index in [1.54, 1.807) is 17.7 Å². The lowest BCUT2D eigenvalue weighted by Gasteiger charge is -2.33. The van der Waals surface area contributed by atoms with E-state index in [1.807, 2.05) is 0 Å². The van der Waals surface area contributed by atoms with Crippen LogP contribution in [0.2, 0.25) is 0 Å². The summed E-state index contributed by atoms with van der Waals surface area (Å²) in [4.78, 5) is 23.9. The van der Waals surface area contributed by atoms with E-state index in [0.29, 0.717) is 13.2 Å². The van der Waals surface area contributed by atoms with Crippen molar-refractivity contribution in [3.63, 3.8) is 0 Å². The van der Waals surface area contributed by atoms with Crippen LogP contribution in [0.3, 0.4) is 0 Å². The van der Waals surface area contributed by atoms with E-state index < -0.39 is 5.97 Å². The minimum absolute atomic E-state index is 0.0224. The van der Waals surface area contributed by atoms with Crippen LogP contribution in [0.25, 0.3) is 10.2 Å². The van der Waals surface area contributed by atoms with Gasteiger partial charge in [-0.25, -0.2) is 9.97 Å². The fourth-order valence-corrected chi connectivity index (χ4v) is 3.48. The molecule has 1 saturated heterocycles. The Hall–Kier alpha value is -1.73. The second kappa shape index (κ2) is 5.95. The Labute approximate surface area is 126 Å². The highest BCUT2D eigenvalue weighted by Crippen LogP contribution is 2.31. The number of aromatic nitrogens is 2. The first kappa shape index (κ1) is 14.2. The fourth-order valence-electron chi connectivity index (χ4n) is 2.55. The zero-order valence-corrected chi connectivity index (χ0v) is 12.6. The van der Waals surface area contributed by atoms with Crippen molar-refractivity contribution in [3.8, 4) is 0 Å². The quantitative estimate of drug-likeness (QED) is 0.930. The third kappa shape index (κ3) is 2.98. The number of hydrogen-bond acceptors (Lipinski definition) is 6. The number of carboxylic acid groups (broad SMARTS) is 1. The number of ether oxygens (including phenoxy) is 1. The Morgan fingerprint density at radius 2 is 2.43 bits per heavy atom. The highest BCUT2D eigenvalue weighted by molar-refractivity contribution is 7.18. The van der Waals surface area contributed by atoms with Crippen molar-refractivity contribution in [2.45, 2.75) is 25.9 Å². The molecular formula is C14H17N3O3S. The van der Waals surface area contributed by atoms with Crippen LogP contribution < -0.4 is 4.90 Å². The molecule has 1 fully saturated rings. The Bertz CT molecular complexity index is 658. The van der Waals surface area contributed by atoms with Crippen molar-refractivity contribution in [1.29, 1.82) is 0 Å². The van der Waals surface area contributed by atoms with Crippen molar-refractivity contribution in [2.75, 3.05) is 24.6 Å². The topological polar surface area (TPSA) is 75.5 Å². The molecule has 1 unspecified atom stereocenters. The van der Waals surface area contributed by atoms with Crippen LogP contribution in [0.4, 0.5) is 5.82 Å². The molecule has 112 valence electrons. The number of aryl methyl sites for hydroxylation is 1. The van der Waals surface area contributed by atoms with Gasteiger partial charge in [0.25, 0.3) is 0 Å². The molecule has 0 bridgehead atoms. The second-order valence-corrected chi connectivity index (χ2v) is 6.13. The Morgan fingerprint density at radius 3 is 3.19 bits per heavy atom. The molecule has 0 spiro atoms. The van der Waals surface area contributed by atoms with E-state index in [2.05, 4.69) is 27.9 Å². The number of carbonyl (C=O) groups is 1. The molecule has 0 aliphatic carbocycles. The summed E-state index contributed by atoms with van der Waals surface area (Å²) < 4.78 is 5.52. The number of morpholine rings is 1. The van der Waals surface area contributed by atoms with Crippen LogP contribution in [0.1, 0.15) is 18.2 Å². The molecule has 0 amide bonds. The lowest BCUT2D eigenvalue weighted by molar-refractivity contribution is -0.140. The Balaban J connectivity index is 1.88. The summed E-state index contributed by atoms with van der Waals surface area (Å²) in [7, 11) is 0. The summed E-state index contributed by atoms with van der Waals surface area (Å²) in [5, 5.41) is 9.96. The minimum Gasteiger partial charge on any atom is -0.481 e. The maximum atomic E-state index is 10.8. The van der Waals surface area contributed by atoms with Gasteiger partial charge in [0, 0.05) is 18.0 Å². The maximum Gasteiger partial charge on any atom is 0.306 e. The van der Waals surface area contributed by atoms with Crippen molar-refractivity contribution >= 4 is 33.3 Å². The molecule has 3 heterocycles. The molecule has 0 radical (unpaired) electrons. The molecule has 3 rings (SSSR count). The van der Waals surface area contributed by atoms with E-state index >= 15 is 0 Å². The fraction of sp³-hybridized carbons (Fsp3) is 0.500. The molecule has 0 saturated carbocycles. The van der Waals surface area contributed by atoms with Gasteiger partial charge in [-0.15, -0.1) is 11.3 Å². The average Bonchev–Trinajstić information content (AvgIpc) is 2.89. The Morgan fingerprint density at radius 1 is 1.57 bits per heavy atom. The highest BCUT2D eigenvalue weighted by atomic mass is 32.1. The van der Waals surface area contributed by atoms with Crippen LogP contribution in [-0.4, -0.2) is 46.8 Å². The molecule has 2 aromatic heterocycles. The van der Waals surface area contributed by atoms with Crippen molar-refractivity contribution in [3.05, 3.63) is 17.3 Å². The molecule has 0 aromatic carbocycles. The highest BCUT2D eigenvalue weighted by Gasteiger charge is 2.25. The van der Waals surface area contributed by atoms with Crippen LogP contribution in [0.15, 0.2) is 12.4 Å². The van der Waals surface area contributed by atoms with Gasteiger partial charge >= 0.3 is 5.97 Å². The second-order valence-electron chi connectivity index (χ2n) is 5.02. The van der Waals surface area contributed by atoms with Gasteiger partial charge < -0.3 is 14.7 Å². The maximum absolute atomic E-state index is 10.8. The largest absolute Gasteiger partial charge is 0.481 e. The van der Waals surface area contributed by atoms with Gasteiger partial charge in [0.15, 0.2) is 0 Å². The first-order chi connectivity index (χ1) is 10.2. The number of fused-ring (bicyclic) bond motifs is 1. The zero-order valence-electron chi connectivity index (χ0n) is 11.8. The van der Waals surface area contributed by atoms with Gasteiger partial charge in [-0.05, 0) is 12.5 Å². The number of anilines is 1. The summed E-state index contributed by atoms with van der Waals surface area (Å²) in [6, 6.07) is 2.14. The number of hydrogen-bond donors (Lipinski definition) is 1. The molecule has 1 aliphatic heterocycles. The van der Waals surface area contributed by atoms with Gasteiger partial charge in [-0.2, -0.15) is 0 Å². The summed E-state index contributed by atoms with van der Waals surface area (Å²) in [6.07, 6.45) is 2.29. The number of aliphatic carboxylic acids is 1. The first-order valence-corrected chi connectivity index (χ1v) is 7.80. The molecular weight excluding hydrogens is 290 g/mol. The van der Waals surface area contributed by atoms with Gasteiger partial charge in [0.05, 0.1) is 24.5 Å². The predicted molar refractivity (Wildman–Crippen MR) is 81.0 cm³/mol. The zero-order chi connectivity index (χ0) is 14.8. The molecule has 21 heavy (non-hydrogen) atoms. The van der Waals surface area contributed by atoms with E-state index in [4.69, 9.17) is 9.84 Å². The van der Waals surface area contributed by atoms with E-state index in [-0.39, 0.29) is 12.5 Å². The van der Waals surface area contributed by atoms with Gasteiger partial charge in [-0.1, -0.05) is 6.92 Å². The van der Waals surface area contributed by atoms with Crippen molar-refractivity contribution in [1.82, 2.24) is 9.97 Å². The number of carboxylic acids is 1. The summed E-state index contributed by atoms with van der Waals surface area (Å²) >= 11 is 1.68. The lowest BCUT2D eigenvalue weighted by Crippen LogP contribution is -2.43. The summed E-state index contributed by atoms with van der Waals surface area (Å²) in [5.74, 6) is 0.0492. The smallest absolute Gasteiger partial charge is 0.306 e. The normalized spacial score (nSPS) is 19.1. The summed E-state index contributed by atoms with van der Waals surface area (Å²) in [6.45, 7) is 3.92. The lowest BCUT2D eigenvalue weighted by atomic mass is 10.2. The molecule has 1 atom stereocenters. The third-order valence-electron chi connectivity index (χ3n) is 3.55. The van der Waals surface area contributed by atoms with Gasteiger partial charge in [-0.3, -0.25) is 4.79 Å². The molecule has 1 N–H and O–H groups in total. The van der Waals surface area contributed by atoms with E-state index in [9.17, 15) is 4.79 Å². The average molecular weight is 307 g/mol. The minimum atomic E-state index is -0.835. The molecule has 1 aliphatic rings. The molecule has 7 heteroatoms. The number of nitrogens with zero attached hydrogens (tertiary/aromatic N) is 3. The molecule has 6 nitrogen and oxygen atoms in total. The third-order valence-corrected chi connectivity index (χ3v) is 4.74. The monoisotopic (exact) mass is 307 g/mol. The molecule has 2 aromatic rings. The van der Waals surface area contributed by atoms with E-state index in [0.717, 1.165) is 29.0 Å². The number of thiophene rings is 1. The van der Waals surface area contributed by atoms with Crippen LogP contribution in [-0.2, 0) is 16.0 Å². The van der Waals surface area contributed by atoms with E-state index in [1.165, 1.54) is 4.88 Å². The first-order valence-electron chi connectivity index (χ1n) is 6.99. The van der Waals surface area contributed by atoms with Crippen LogP contribution >= 0.6 is 11.3 Å². The number of rotatable bonds is 4. The van der Waals surface area contributed by atoms with Crippen LogP contribution in [0, 0.1) is 0 Å². The summed E-state index contributed by atoms with van der Waals surface area (Å²) in [5.41, 5.74) is 0. The van der Waals surface area contributed by atoms with Crippen molar-refractivity contribution in [2.24, 2.45) is 0 Å². The van der Waals surface area contributed by atoms with Crippen LogP contribution in [0.5, 0.6) is 0 Å². The standard InChI is InChI=1S/C14H17N3O3S/c1-2-10-6-11-13(15-8-16-14(11)21-10)17-3-4-20-9(7-17)5-12(18)19/h6,8-9H,2-5,7H2,1H3,(H,18,19). The van der Waals surface area contributed by atoms with Gasteiger partial charge in [0.2, 0.25) is 0 Å². The SMILES string of the molecule is CCc1cc2c(N3CCOC(CC(=O)O)C3)ncnc2s1. The van der Waals surface area contributed by atoms with Gasteiger partial charge in [0.1, 0.15) is 17.0 Å². The Kier molecular flexibility index (Phi) is 4.03. The van der Waals surface area contributed by atoms with Crippen molar-refractivity contribution < 1.29 is 14.6 Å².